The molecule has 0 saturated heterocycles. The lowest BCUT2D eigenvalue weighted by atomic mass is 9.95. The maximum absolute atomic E-state index is 13.4. The van der Waals surface area contributed by atoms with Crippen LogP contribution in [0.3, 0.4) is 0 Å². The van der Waals surface area contributed by atoms with Gasteiger partial charge in [0.1, 0.15) is 24.7 Å². The minimum Gasteiger partial charge on any atom is -0.489 e. The van der Waals surface area contributed by atoms with Crippen molar-refractivity contribution >= 4 is 11.9 Å². The van der Waals surface area contributed by atoms with E-state index < -0.39 is 6.04 Å². The fraction of sp³-hybridized carbons (Fsp3) is 0.179. The second-order valence-corrected chi connectivity index (χ2v) is 8.61. The number of carbonyl (C=O) groups excluding carboxylic acids is 1. The number of aryl methyl sites for hydroxylation is 1. The molecule has 2 N–H and O–H groups in total. The van der Waals surface area contributed by atoms with Crippen LogP contribution in [-0.2, 0) is 17.9 Å². The van der Waals surface area contributed by atoms with Crippen LogP contribution in [0.2, 0.25) is 0 Å². The first-order valence-corrected chi connectivity index (χ1v) is 11.6. The Labute approximate surface area is 204 Å². The average molecular weight is 466 g/mol. The first kappa shape index (κ1) is 22.4. The van der Waals surface area contributed by atoms with Gasteiger partial charge < -0.3 is 15.4 Å². The molecule has 0 aliphatic carbocycles. The van der Waals surface area contributed by atoms with Crippen LogP contribution in [0.5, 0.6) is 5.75 Å². The number of amides is 1. The maximum Gasteiger partial charge on any atom is 0.251 e. The summed E-state index contributed by atoms with van der Waals surface area (Å²) >= 11 is 0. The third-order valence-electron chi connectivity index (χ3n) is 6.02. The Morgan fingerprint density at radius 3 is 2.54 bits per heavy atom. The van der Waals surface area contributed by atoms with E-state index in [1.807, 2.05) is 67.6 Å². The number of nitrogens with zero attached hydrogens (tertiary/aromatic N) is 3. The Bertz CT molecular complexity index is 1360. The first-order valence-electron chi connectivity index (χ1n) is 11.6. The highest BCUT2D eigenvalue weighted by atomic mass is 16.5. The van der Waals surface area contributed by atoms with Crippen LogP contribution in [0, 0.1) is 6.92 Å². The summed E-state index contributed by atoms with van der Waals surface area (Å²) in [5.41, 5.74) is 5.64. The highest BCUT2D eigenvalue weighted by molar-refractivity contribution is 5.96. The molecule has 35 heavy (non-hydrogen) atoms. The van der Waals surface area contributed by atoms with Crippen molar-refractivity contribution in [3.8, 4) is 5.75 Å². The van der Waals surface area contributed by atoms with Crippen LogP contribution >= 0.6 is 0 Å². The molecule has 2 heterocycles. The summed E-state index contributed by atoms with van der Waals surface area (Å²) in [5.74, 6) is 1.22. The molecule has 1 aliphatic rings. The zero-order valence-corrected chi connectivity index (χ0v) is 19.7. The SMILES string of the molecule is CC1=C(C(=O)NCc2ccccc2)C(c2ccc(OCc3cccc(C)c3)cc2)n2ncnc2N1. The van der Waals surface area contributed by atoms with Crippen LogP contribution in [-0.4, -0.2) is 20.7 Å². The summed E-state index contributed by atoms with van der Waals surface area (Å²) < 4.78 is 7.73. The molecule has 176 valence electrons. The van der Waals surface area contributed by atoms with Gasteiger partial charge in [-0.05, 0) is 42.7 Å². The van der Waals surface area contributed by atoms with E-state index in [1.54, 1.807) is 4.68 Å². The molecule has 1 aromatic heterocycles. The van der Waals surface area contributed by atoms with Crippen molar-refractivity contribution in [1.29, 1.82) is 0 Å². The molecule has 1 unspecified atom stereocenters. The quantitative estimate of drug-likeness (QED) is 0.411. The number of benzene rings is 3. The Morgan fingerprint density at radius 1 is 1.00 bits per heavy atom. The van der Waals surface area contributed by atoms with Crippen molar-refractivity contribution in [3.63, 3.8) is 0 Å². The molecule has 5 rings (SSSR count). The monoisotopic (exact) mass is 465 g/mol. The topological polar surface area (TPSA) is 81.1 Å². The summed E-state index contributed by atoms with van der Waals surface area (Å²) in [6, 6.07) is 25.5. The van der Waals surface area contributed by atoms with E-state index in [-0.39, 0.29) is 5.91 Å². The molecular formula is C28H27N5O2. The van der Waals surface area contributed by atoms with Gasteiger partial charge in [-0.3, -0.25) is 4.79 Å². The average Bonchev–Trinajstić information content (AvgIpc) is 3.34. The zero-order chi connectivity index (χ0) is 24.2. The number of nitrogens with one attached hydrogen (secondary N) is 2. The van der Waals surface area contributed by atoms with Gasteiger partial charge in [0, 0.05) is 12.2 Å². The van der Waals surface area contributed by atoms with Crippen molar-refractivity contribution < 1.29 is 9.53 Å². The normalized spacial score (nSPS) is 14.7. The largest absolute Gasteiger partial charge is 0.489 e. The molecule has 3 aromatic carbocycles. The number of anilines is 1. The fourth-order valence-corrected chi connectivity index (χ4v) is 4.28. The third-order valence-corrected chi connectivity index (χ3v) is 6.02. The van der Waals surface area contributed by atoms with E-state index >= 15 is 0 Å². The number of rotatable bonds is 7. The van der Waals surface area contributed by atoms with Gasteiger partial charge in [0.25, 0.3) is 5.91 Å². The van der Waals surface area contributed by atoms with E-state index in [0.717, 1.165) is 28.1 Å². The molecule has 0 bridgehead atoms. The molecule has 1 atom stereocenters. The van der Waals surface area contributed by atoms with Gasteiger partial charge in [-0.2, -0.15) is 10.1 Å². The van der Waals surface area contributed by atoms with Gasteiger partial charge in [0.2, 0.25) is 5.95 Å². The number of fused-ring (bicyclic) bond motifs is 1. The first-order chi connectivity index (χ1) is 17.1. The van der Waals surface area contributed by atoms with E-state index in [0.29, 0.717) is 24.7 Å². The predicted octanol–water partition coefficient (Wildman–Crippen LogP) is 4.77. The summed E-state index contributed by atoms with van der Waals surface area (Å²) in [6.45, 7) is 4.90. The fourth-order valence-electron chi connectivity index (χ4n) is 4.28. The molecule has 7 nitrogen and oxygen atoms in total. The third kappa shape index (κ3) is 4.94. The summed E-state index contributed by atoms with van der Waals surface area (Å²) in [7, 11) is 0. The molecule has 0 spiro atoms. The molecule has 0 fully saturated rings. The summed E-state index contributed by atoms with van der Waals surface area (Å²) in [6.07, 6.45) is 1.49. The van der Waals surface area contributed by atoms with Crippen LogP contribution in [0.25, 0.3) is 0 Å². The zero-order valence-electron chi connectivity index (χ0n) is 19.7. The molecule has 7 heteroatoms. The highest BCUT2D eigenvalue weighted by Crippen LogP contribution is 2.35. The minimum atomic E-state index is -0.407. The second-order valence-electron chi connectivity index (χ2n) is 8.61. The van der Waals surface area contributed by atoms with Gasteiger partial charge in [0.05, 0.1) is 5.57 Å². The lowest BCUT2D eigenvalue weighted by Gasteiger charge is -2.28. The number of hydrogen-bond donors (Lipinski definition) is 2. The molecule has 1 aliphatic heterocycles. The van der Waals surface area contributed by atoms with Crippen molar-refractivity contribution in [2.24, 2.45) is 0 Å². The van der Waals surface area contributed by atoms with E-state index in [2.05, 4.69) is 45.8 Å². The van der Waals surface area contributed by atoms with Crippen LogP contribution in [0.4, 0.5) is 5.95 Å². The van der Waals surface area contributed by atoms with Gasteiger partial charge in [0.15, 0.2) is 0 Å². The van der Waals surface area contributed by atoms with Gasteiger partial charge in [-0.1, -0.05) is 72.3 Å². The van der Waals surface area contributed by atoms with E-state index in [9.17, 15) is 4.79 Å². The van der Waals surface area contributed by atoms with Crippen LogP contribution in [0.1, 0.15) is 35.2 Å². The number of aromatic nitrogens is 3. The van der Waals surface area contributed by atoms with Gasteiger partial charge in [-0.25, -0.2) is 4.68 Å². The van der Waals surface area contributed by atoms with E-state index in [1.165, 1.54) is 11.9 Å². The van der Waals surface area contributed by atoms with Crippen molar-refractivity contribution in [2.75, 3.05) is 5.32 Å². The summed E-state index contributed by atoms with van der Waals surface area (Å²) in [5, 5.41) is 10.7. The minimum absolute atomic E-state index is 0.148. The number of ether oxygens (including phenoxy) is 1. The number of allylic oxidation sites excluding steroid dienone is 1. The standard InChI is InChI=1S/C28H27N5O2/c1-19-7-6-10-22(15-19)17-35-24-13-11-23(12-14-24)26-25(20(2)32-28-30-18-31-33(26)28)27(34)29-16-21-8-4-3-5-9-21/h3-15,18,26H,16-17H2,1-2H3,(H,29,34)(H,30,31,32). The predicted molar refractivity (Wildman–Crippen MR) is 135 cm³/mol. The van der Waals surface area contributed by atoms with Crippen molar-refractivity contribution in [2.45, 2.75) is 33.0 Å². The lowest BCUT2D eigenvalue weighted by Crippen LogP contribution is -2.34. The Balaban J connectivity index is 1.37. The molecule has 0 radical (unpaired) electrons. The van der Waals surface area contributed by atoms with Crippen molar-refractivity contribution in [1.82, 2.24) is 20.1 Å². The van der Waals surface area contributed by atoms with E-state index in [4.69, 9.17) is 4.74 Å². The smallest absolute Gasteiger partial charge is 0.251 e. The van der Waals surface area contributed by atoms with Crippen molar-refractivity contribution in [3.05, 3.63) is 119 Å². The van der Waals surface area contributed by atoms with Gasteiger partial charge in [-0.15, -0.1) is 0 Å². The van der Waals surface area contributed by atoms with Crippen LogP contribution in [0.15, 0.2) is 96.5 Å². The number of carbonyl (C=O) groups is 1. The number of hydrogen-bond acceptors (Lipinski definition) is 5. The molecular weight excluding hydrogens is 438 g/mol. The second kappa shape index (κ2) is 9.85. The lowest BCUT2D eigenvalue weighted by molar-refractivity contribution is -0.118. The van der Waals surface area contributed by atoms with Gasteiger partial charge >= 0.3 is 0 Å². The molecule has 4 aromatic rings. The maximum atomic E-state index is 13.4. The Kier molecular flexibility index (Phi) is 6.30. The Hall–Kier alpha value is -4.39. The molecule has 1 amide bonds. The van der Waals surface area contributed by atoms with Crippen LogP contribution < -0.4 is 15.4 Å². The summed E-state index contributed by atoms with van der Waals surface area (Å²) in [4.78, 5) is 17.7. The Morgan fingerprint density at radius 2 is 1.77 bits per heavy atom. The highest BCUT2D eigenvalue weighted by Gasteiger charge is 2.33. The molecule has 0 saturated carbocycles.